The van der Waals surface area contributed by atoms with Crippen molar-refractivity contribution in [2.45, 2.75) is 90.1 Å². The van der Waals surface area contributed by atoms with Gasteiger partial charge in [0.05, 0.1) is 0 Å². The molecule has 1 atom stereocenters. The number of ether oxygens (including phenoxy) is 1. The number of halogens is 3. The van der Waals surface area contributed by atoms with Crippen LogP contribution >= 0.6 is 0 Å². The second-order valence-electron chi connectivity index (χ2n) is 9.39. The summed E-state index contributed by atoms with van der Waals surface area (Å²) in [7, 11) is 0. The molecule has 176 valence electrons. The quantitative estimate of drug-likeness (QED) is 0.233. The van der Waals surface area contributed by atoms with Crippen molar-refractivity contribution in [3.63, 3.8) is 0 Å². The summed E-state index contributed by atoms with van der Waals surface area (Å²) >= 11 is 0. The van der Waals surface area contributed by atoms with Crippen molar-refractivity contribution in [2.75, 3.05) is 0 Å². The van der Waals surface area contributed by atoms with Crippen molar-refractivity contribution in [1.29, 1.82) is 0 Å². The highest BCUT2D eigenvalue weighted by Crippen LogP contribution is 2.37. The highest BCUT2D eigenvalue weighted by molar-refractivity contribution is 5.27. The number of hydrogen-bond acceptors (Lipinski definition) is 1. The Labute approximate surface area is 191 Å². The Morgan fingerprint density at radius 3 is 2.03 bits per heavy atom. The van der Waals surface area contributed by atoms with Gasteiger partial charge >= 0.3 is 0 Å². The van der Waals surface area contributed by atoms with Crippen LogP contribution in [0.2, 0.25) is 0 Å². The van der Waals surface area contributed by atoms with Gasteiger partial charge in [-0.3, -0.25) is 0 Å². The second-order valence-corrected chi connectivity index (χ2v) is 9.39. The van der Waals surface area contributed by atoms with Gasteiger partial charge in [0.1, 0.15) is 11.9 Å². The van der Waals surface area contributed by atoms with E-state index in [2.05, 4.69) is 6.92 Å². The van der Waals surface area contributed by atoms with Crippen LogP contribution in [0.15, 0.2) is 42.5 Å². The zero-order valence-electron chi connectivity index (χ0n) is 19.3. The fraction of sp³-hybridized carbons (Fsp3) is 0.571. The average Bonchev–Trinajstić information content (AvgIpc) is 2.81. The lowest BCUT2D eigenvalue weighted by Gasteiger charge is -2.30. The predicted octanol–water partition coefficient (Wildman–Crippen LogP) is 9.17. The van der Waals surface area contributed by atoms with Crippen molar-refractivity contribution in [3.05, 3.63) is 65.5 Å². The molecule has 0 aromatic heterocycles. The summed E-state index contributed by atoms with van der Waals surface area (Å²) in [5, 5.41) is 0. The van der Waals surface area contributed by atoms with Crippen molar-refractivity contribution < 1.29 is 17.9 Å². The third-order valence-electron chi connectivity index (χ3n) is 6.93. The molecule has 0 aliphatic heterocycles. The first-order valence-corrected chi connectivity index (χ1v) is 12.4. The van der Waals surface area contributed by atoms with Crippen LogP contribution in [0.3, 0.4) is 0 Å². The lowest BCUT2D eigenvalue weighted by molar-refractivity contribution is 0.166. The molecule has 0 amide bonds. The maximum absolute atomic E-state index is 13.7. The zero-order valence-corrected chi connectivity index (χ0v) is 19.3. The average molecular weight is 447 g/mol. The summed E-state index contributed by atoms with van der Waals surface area (Å²) in [5.41, 5.74) is 0.971. The molecule has 1 aliphatic carbocycles. The Morgan fingerprint density at radius 1 is 0.812 bits per heavy atom. The molecule has 0 spiro atoms. The Bertz CT molecular complexity index is 777. The van der Waals surface area contributed by atoms with Crippen molar-refractivity contribution in [2.24, 2.45) is 11.8 Å². The Morgan fingerprint density at radius 2 is 1.41 bits per heavy atom. The number of benzene rings is 2. The molecule has 2 aromatic carbocycles. The van der Waals surface area contributed by atoms with E-state index in [1.165, 1.54) is 64.2 Å². The lowest BCUT2D eigenvalue weighted by atomic mass is 9.77. The molecule has 0 heterocycles. The topological polar surface area (TPSA) is 9.23 Å². The monoisotopic (exact) mass is 446 g/mol. The SMILES string of the molecule is CCCCCCCC1CCC(CCC(Oc2cc(F)c(F)c(F)c2)c2ccccc2)CC1. The first kappa shape index (κ1) is 24.7. The second kappa shape index (κ2) is 12.9. The number of unbranched alkanes of at least 4 members (excludes halogenated alkanes) is 4. The maximum Gasteiger partial charge on any atom is 0.194 e. The van der Waals surface area contributed by atoms with Crippen molar-refractivity contribution in [1.82, 2.24) is 0 Å². The molecule has 3 rings (SSSR count). The van der Waals surface area contributed by atoms with Gasteiger partial charge in [-0.15, -0.1) is 0 Å². The van der Waals surface area contributed by atoms with Gasteiger partial charge in [0.25, 0.3) is 0 Å². The normalized spacial score (nSPS) is 19.6. The van der Waals surface area contributed by atoms with E-state index in [1.54, 1.807) is 0 Å². The zero-order chi connectivity index (χ0) is 22.8. The largest absolute Gasteiger partial charge is 0.486 e. The first-order chi connectivity index (χ1) is 15.6. The molecule has 1 fully saturated rings. The molecule has 4 heteroatoms. The Balaban J connectivity index is 1.51. The summed E-state index contributed by atoms with van der Waals surface area (Å²) in [5.74, 6) is -2.33. The van der Waals surface area contributed by atoms with Crippen LogP contribution in [0.5, 0.6) is 5.75 Å². The standard InChI is InChI=1S/C28H37F3O/c1-2-3-4-5-7-10-21-13-15-22(16-14-21)17-18-27(23-11-8-6-9-12-23)32-24-19-25(29)28(31)26(30)20-24/h6,8-9,11-12,19-22,27H,2-5,7,10,13-18H2,1H3. The highest BCUT2D eigenvalue weighted by Gasteiger charge is 2.23. The highest BCUT2D eigenvalue weighted by atomic mass is 19.2. The number of rotatable bonds is 12. The van der Waals surface area contributed by atoms with E-state index in [-0.39, 0.29) is 11.9 Å². The van der Waals surface area contributed by atoms with Crippen LogP contribution in [0, 0.1) is 29.3 Å². The van der Waals surface area contributed by atoms with Crippen LogP contribution < -0.4 is 4.74 Å². The fourth-order valence-corrected chi connectivity index (χ4v) is 4.96. The molecule has 32 heavy (non-hydrogen) atoms. The van der Waals surface area contributed by atoms with E-state index in [0.717, 1.165) is 36.5 Å². The molecular weight excluding hydrogens is 409 g/mol. The molecule has 2 aromatic rings. The Hall–Kier alpha value is -1.97. The van der Waals surface area contributed by atoms with Crippen molar-refractivity contribution in [3.8, 4) is 5.75 Å². The molecule has 0 saturated heterocycles. The third-order valence-corrected chi connectivity index (χ3v) is 6.93. The van der Waals surface area contributed by atoms with Gasteiger partial charge in [-0.1, -0.05) is 101 Å². The van der Waals surface area contributed by atoms with E-state index in [9.17, 15) is 13.2 Å². The predicted molar refractivity (Wildman–Crippen MR) is 124 cm³/mol. The first-order valence-electron chi connectivity index (χ1n) is 12.4. The summed E-state index contributed by atoms with van der Waals surface area (Å²) in [4.78, 5) is 0. The van der Waals surface area contributed by atoms with Gasteiger partial charge < -0.3 is 4.74 Å². The summed E-state index contributed by atoms with van der Waals surface area (Å²) in [6, 6.07) is 11.6. The van der Waals surface area contributed by atoms with Crippen LogP contribution in [0.25, 0.3) is 0 Å². The van der Waals surface area contributed by atoms with Gasteiger partial charge in [0, 0.05) is 12.1 Å². The number of hydrogen-bond donors (Lipinski definition) is 0. The molecular formula is C28H37F3O. The van der Waals surface area contributed by atoms with Crippen molar-refractivity contribution >= 4 is 0 Å². The fourth-order valence-electron chi connectivity index (χ4n) is 4.96. The van der Waals surface area contributed by atoms with E-state index in [0.29, 0.717) is 5.92 Å². The van der Waals surface area contributed by atoms with Gasteiger partial charge in [-0.25, -0.2) is 13.2 Å². The van der Waals surface area contributed by atoms with E-state index in [4.69, 9.17) is 4.74 Å². The van der Waals surface area contributed by atoms with Crippen LogP contribution in [0.4, 0.5) is 13.2 Å². The van der Waals surface area contributed by atoms with Gasteiger partial charge in [0.15, 0.2) is 17.5 Å². The maximum atomic E-state index is 13.7. The molecule has 0 bridgehead atoms. The summed E-state index contributed by atoms with van der Waals surface area (Å²) in [6.07, 6.45) is 14.7. The van der Waals surface area contributed by atoms with Crippen LogP contribution in [-0.2, 0) is 0 Å². The molecule has 1 aliphatic rings. The minimum Gasteiger partial charge on any atom is -0.486 e. The lowest BCUT2D eigenvalue weighted by Crippen LogP contribution is -2.17. The minimum absolute atomic E-state index is 0.0297. The minimum atomic E-state index is -1.46. The molecule has 0 radical (unpaired) electrons. The molecule has 1 unspecified atom stereocenters. The summed E-state index contributed by atoms with van der Waals surface area (Å²) < 4.78 is 46.6. The summed E-state index contributed by atoms with van der Waals surface area (Å²) in [6.45, 7) is 2.25. The Kier molecular flexibility index (Phi) is 9.95. The van der Waals surface area contributed by atoms with E-state index < -0.39 is 17.5 Å². The van der Waals surface area contributed by atoms with E-state index >= 15 is 0 Å². The van der Waals surface area contributed by atoms with Gasteiger partial charge in [0.2, 0.25) is 0 Å². The molecule has 1 saturated carbocycles. The van der Waals surface area contributed by atoms with Crippen LogP contribution in [-0.4, -0.2) is 0 Å². The third kappa shape index (κ3) is 7.56. The van der Waals surface area contributed by atoms with E-state index in [1.807, 2.05) is 30.3 Å². The smallest absolute Gasteiger partial charge is 0.194 e. The van der Waals surface area contributed by atoms with Gasteiger partial charge in [-0.2, -0.15) is 0 Å². The van der Waals surface area contributed by atoms with Gasteiger partial charge in [-0.05, 0) is 30.2 Å². The van der Waals surface area contributed by atoms with Crippen LogP contribution in [0.1, 0.15) is 95.6 Å². The molecule has 1 nitrogen and oxygen atoms in total. The molecule has 0 N–H and O–H groups in total.